The minimum Gasteiger partial charge on any atom is -0.479 e. The first-order chi connectivity index (χ1) is 10.5. The van der Waals surface area contributed by atoms with Crippen molar-refractivity contribution >= 4 is 27.8 Å². The number of carbonyl (C=O) groups is 2. The summed E-state index contributed by atoms with van der Waals surface area (Å²) in [5.41, 5.74) is -0.551. The number of hydrogen-bond donors (Lipinski definition) is 2. The molecule has 2 aromatic rings. The number of benzene rings is 1. The zero-order valence-corrected chi connectivity index (χ0v) is 13.6. The molecule has 1 aromatic heterocycles. The number of furan rings is 1. The van der Waals surface area contributed by atoms with Gasteiger partial charge in [-0.25, -0.2) is 4.79 Å². The average Bonchev–Trinajstić information content (AvgIpc) is 3.03. The fourth-order valence-electron chi connectivity index (χ4n) is 2.18. The van der Waals surface area contributed by atoms with Gasteiger partial charge in [-0.05, 0) is 36.2 Å². The quantitative estimate of drug-likeness (QED) is 0.823. The van der Waals surface area contributed by atoms with Crippen molar-refractivity contribution in [2.24, 2.45) is 0 Å². The highest BCUT2D eigenvalue weighted by molar-refractivity contribution is 9.10. The second-order valence-corrected chi connectivity index (χ2v) is 5.89. The summed E-state index contributed by atoms with van der Waals surface area (Å²) in [5, 5.41) is 12.2. The minimum absolute atomic E-state index is 0.0925. The van der Waals surface area contributed by atoms with Crippen LogP contribution in [0.15, 0.2) is 51.6 Å². The molecule has 0 saturated carbocycles. The van der Waals surface area contributed by atoms with Crippen LogP contribution in [-0.2, 0) is 11.2 Å². The topological polar surface area (TPSA) is 79.5 Å². The SMILES string of the molecule is CC[C@](Cc1ccc(Br)cc1)(NC(=O)c1ccco1)C(=O)O. The van der Waals surface area contributed by atoms with E-state index in [1.165, 1.54) is 12.3 Å². The number of amides is 1. The molecule has 0 aliphatic rings. The van der Waals surface area contributed by atoms with Gasteiger partial charge in [0.1, 0.15) is 5.54 Å². The van der Waals surface area contributed by atoms with Crippen molar-refractivity contribution in [3.8, 4) is 0 Å². The minimum atomic E-state index is -1.38. The van der Waals surface area contributed by atoms with Crippen LogP contribution < -0.4 is 5.32 Å². The number of rotatable bonds is 6. The van der Waals surface area contributed by atoms with E-state index < -0.39 is 17.4 Å². The Labute approximate surface area is 136 Å². The van der Waals surface area contributed by atoms with Gasteiger partial charge in [0.15, 0.2) is 5.76 Å². The predicted molar refractivity (Wildman–Crippen MR) is 84.7 cm³/mol. The smallest absolute Gasteiger partial charge is 0.329 e. The summed E-state index contributed by atoms with van der Waals surface area (Å²) in [6.07, 6.45) is 1.82. The van der Waals surface area contributed by atoms with E-state index >= 15 is 0 Å². The van der Waals surface area contributed by atoms with Gasteiger partial charge >= 0.3 is 5.97 Å². The summed E-state index contributed by atoms with van der Waals surface area (Å²) < 4.78 is 5.93. The third kappa shape index (κ3) is 3.57. The maximum Gasteiger partial charge on any atom is 0.329 e. The molecule has 1 heterocycles. The summed E-state index contributed by atoms with van der Waals surface area (Å²) in [6, 6.07) is 10.4. The molecular formula is C16H16BrNO4. The highest BCUT2D eigenvalue weighted by Gasteiger charge is 2.39. The molecule has 1 atom stereocenters. The Morgan fingerprint density at radius 3 is 2.45 bits per heavy atom. The fraction of sp³-hybridized carbons (Fsp3) is 0.250. The normalized spacial score (nSPS) is 13.4. The Morgan fingerprint density at radius 1 is 1.27 bits per heavy atom. The first kappa shape index (κ1) is 16.3. The van der Waals surface area contributed by atoms with Crippen molar-refractivity contribution < 1.29 is 19.1 Å². The summed E-state index contributed by atoms with van der Waals surface area (Å²) >= 11 is 3.34. The Balaban J connectivity index is 2.25. The van der Waals surface area contributed by atoms with E-state index in [0.717, 1.165) is 10.0 Å². The molecule has 1 aromatic carbocycles. The Morgan fingerprint density at radius 2 is 1.95 bits per heavy atom. The van der Waals surface area contributed by atoms with Crippen molar-refractivity contribution in [3.63, 3.8) is 0 Å². The number of hydrogen-bond acceptors (Lipinski definition) is 3. The van der Waals surface area contributed by atoms with Crippen LogP contribution in [0.2, 0.25) is 0 Å². The monoisotopic (exact) mass is 365 g/mol. The average molecular weight is 366 g/mol. The van der Waals surface area contributed by atoms with Crippen molar-refractivity contribution in [1.82, 2.24) is 5.32 Å². The van der Waals surface area contributed by atoms with Gasteiger partial charge in [-0.3, -0.25) is 4.79 Å². The maximum absolute atomic E-state index is 12.2. The van der Waals surface area contributed by atoms with Crippen LogP contribution in [0.25, 0.3) is 0 Å². The standard InChI is InChI=1S/C16H16BrNO4/c1-2-16(15(20)21,10-11-5-7-12(17)8-6-11)18-14(19)13-4-3-9-22-13/h3-9H,2,10H2,1H3,(H,18,19)(H,20,21)/t16-/m1/s1. The van der Waals surface area contributed by atoms with E-state index in [-0.39, 0.29) is 18.6 Å². The molecule has 116 valence electrons. The molecule has 0 saturated heterocycles. The van der Waals surface area contributed by atoms with Gasteiger partial charge < -0.3 is 14.8 Å². The summed E-state index contributed by atoms with van der Waals surface area (Å²) in [7, 11) is 0. The largest absolute Gasteiger partial charge is 0.479 e. The van der Waals surface area contributed by atoms with Crippen LogP contribution >= 0.6 is 15.9 Å². The molecule has 0 spiro atoms. The molecule has 0 bridgehead atoms. The highest BCUT2D eigenvalue weighted by Crippen LogP contribution is 2.21. The molecule has 0 radical (unpaired) electrons. The fourth-order valence-corrected chi connectivity index (χ4v) is 2.44. The molecule has 0 fully saturated rings. The summed E-state index contributed by atoms with van der Waals surface area (Å²) in [4.78, 5) is 23.9. The molecule has 0 unspecified atom stereocenters. The van der Waals surface area contributed by atoms with Crippen molar-refractivity contribution in [2.45, 2.75) is 25.3 Å². The highest BCUT2D eigenvalue weighted by atomic mass is 79.9. The van der Waals surface area contributed by atoms with Crippen LogP contribution in [0.5, 0.6) is 0 Å². The molecule has 5 nitrogen and oxygen atoms in total. The lowest BCUT2D eigenvalue weighted by atomic mass is 9.88. The van der Waals surface area contributed by atoms with E-state index in [9.17, 15) is 14.7 Å². The van der Waals surface area contributed by atoms with Crippen LogP contribution in [0.3, 0.4) is 0 Å². The lowest BCUT2D eigenvalue weighted by molar-refractivity contribution is -0.144. The van der Waals surface area contributed by atoms with Crippen LogP contribution in [0.4, 0.5) is 0 Å². The lowest BCUT2D eigenvalue weighted by Gasteiger charge is -2.29. The zero-order chi connectivity index (χ0) is 16.2. The van der Waals surface area contributed by atoms with Gasteiger partial charge in [-0.15, -0.1) is 0 Å². The molecule has 2 N–H and O–H groups in total. The summed E-state index contributed by atoms with van der Waals surface area (Å²) in [6.45, 7) is 1.73. The molecule has 22 heavy (non-hydrogen) atoms. The Kier molecular flexibility index (Phi) is 5.03. The van der Waals surface area contributed by atoms with Gasteiger partial charge in [-0.2, -0.15) is 0 Å². The molecule has 6 heteroatoms. The number of nitrogens with one attached hydrogen (secondary N) is 1. The van der Waals surface area contributed by atoms with Crippen LogP contribution in [0.1, 0.15) is 29.5 Å². The molecule has 0 aliphatic carbocycles. The van der Waals surface area contributed by atoms with Gasteiger partial charge in [0.05, 0.1) is 6.26 Å². The second-order valence-electron chi connectivity index (χ2n) is 4.98. The predicted octanol–water partition coefficient (Wildman–Crippen LogP) is 3.25. The van der Waals surface area contributed by atoms with Gasteiger partial charge in [-0.1, -0.05) is 35.0 Å². The maximum atomic E-state index is 12.2. The first-order valence-corrected chi connectivity index (χ1v) is 7.60. The van der Waals surface area contributed by atoms with Crippen molar-refractivity contribution in [3.05, 3.63) is 58.5 Å². The van der Waals surface area contributed by atoms with E-state index in [1.807, 2.05) is 24.3 Å². The third-order valence-electron chi connectivity index (χ3n) is 3.53. The first-order valence-electron chi connectivity index (χ1n) is 6.81. The summed E-state index contributed by atoms with van der Waals surface area (Å²) in [5.74, 6) is -1.51. The molecule has 1 amide bonds. The third-order valence-corrected chi connectivity index (χ3v) is 4.06. The Hall–Kier alpha value is -2.08. The number of halogens is 1. The zero-order valence-electron chi connectivity index (χ0n) is 12.0. The molecule has 0 aliphatic heterocycles. The van der Waals surface area contributed by atoms with Gasteiger partial charge in [0, 0.05) is 10.9 Å². The number of carboxylic acids is 1. The van der Waals surface area contributed by atoms with Crippen molar-refractivity contribution in [1.29, 1.82) is 0 Å². The van der Waals surface area contributed by atoms with E-state index in [2.05, 4.69) is 21.2 Å². The number of carbonyl (C=O) groups excluding carboxylic acids is 1. The number of carboxylic acid groups (broad SMARTS) is 1. The van der Waals surface area contributed by atoms with E-state index in [1.54, 1.807) is 13.0 Å². The Bertz CT molecular complexity index is 651. The van der Waals surface area contributed by atoms with Crippen molar-refractivity contribution in [2.75, 3.05) is 0 Å². The van der Waals surface area contributed by atoms with Gasteiger partial charge in [0.25, 0.3) is 5.91 Å². The number of aliphatic carboxylic acids is 1. The van der Waals surface area contributed by atoms with E-state index in [0.29, 0.717) is 0 Å². The molecule has 2 rings (SSSR count). The van der Waals surface area contributed by atoms with Gasteiger partial charge in [0.2, 0.25) is 0 Å². The van der Waals surface area contributed by atoms with Crippen LogP contribution in [-0.4, -0.2) is 22.5 Å². The van der Waals surface area contributed by atoms with Crippen LogP contribution in [0, 0.1) is 0 Å². The second kappa shape index (κ2) is 6.79. The molecular weight excluding hydrogens is 350 g/mol. The van der Waals surface area contributed by atoms with E-state index in [4.69, 9.17) is 4.42 Å². The lowest BCUT2D eigenvalue weighted by Crippen LogP contribution is -2.55.